The van der Waals surface area contributed by atoms with E-state index in [9.17, 15) is 4.79 Å². The van der Waals surface area contributed by atoms with E-state index in [4.69, 9.17) is 0 Å². The van der Waals surface area contributed by atoms with Crippen LogP contribution in [0.1, 0.15) is 19.3 Å². The molecule has 1 saturated carbocycles. The van der Waals surface area contributed by atoms with Crippen molar-refractivity contribution in [1.82, 2.24) is 0 Å². The lowest BCUT2D eigenvalue weighted by Gasteiger charge is -2.12. The molecule has 0 saturated heterocycles. The largest absolute Gasteiger partial charge is 0.302 e. The summed E-state index contributed by atoms with van der Waals surface area (Å²) in [5, 5.41) is 0. The summed E-state index contributed by atoms with van der Waals surface area (Å²) in [6.07, 6.45) is 8.83. The summed E-state index contributed by atoms with van der Waals surface area (Å²) >= 11 is 0. The monoisotopic (exact) mass is 122 g/mol. The molecule has 2 rings (SSSR count). The molecule has 0 radical (unpaired) electrons. The summed E-state index contributed by atoms with van der Waals surface area (Å²) in [5.74, 6) is 0.732. The van der Waals surface area contributed by atoms with Gasteiger partial charge in [0.05, 0.1) is 0 Å². The molecule has 1 fully saturated rings. The van der Waals surface area contributed by atoms with Crippen LogP contribution < -0.4 is 0 Å². The van der Waals surface area contributed by atoms with Gasteiger partial charge in [-0.25, -0.2) is 0 Å². The number of carbonyl (C=O) groups excluding carboxylic acids is 1. The summed E-state index contributed by atoms with van der Waals surface area (Å²) < 4.78 is 0. The third-order valence-corrected chi connectivity index (χ3v) is 2.56. The van der Waals surface area contributed by atoms with Crippen LogP contribution in [0.2, 0.25) is 0 Å². The van der Waals surface area contributed by atoms with Gasteiger partial charge in [0, 0.05) is 5.41 Å². The Bertz CT molecular complexity index is 171. The van der Waals surface area contributed by atoms with Gasteiger partial charge in [-0.2, -0.15) is 0 Å². The molecule has 48 valence electrons. The van der Waals surface area contributed by atoms with Crippen molar-refractivity contribution in [2.75, 3.05) is 0 Å². The SMILES string of the molecule is O=CC12C=CC(CC1)C2. The Morgan fingerprint density at radius 2 is 2.56 bits per heavy atom. The summed E-state index contributed by atoms with van der Waals surface area (Å²) in [7, 11) is 0. The van der Waals surface area contributed by atoms with Crippen molar-refractivity contribution in [3.63, 3.8) is 0 Å². The maximum Gasteiger partial charge on any atom is 0.129 e. The molecule has 2 bridgehead atoms. The average molecular weight is 122 g/mol. The predicted octanol–water partition coefficient (Wildman–Crippen LogP) is 1.54. The van der Waals surface area contributed by atoms with E-state index in [2.05, 4.69) is 12.2 Å². The smallest absolute Gasteiger partial charge is 0.129 e. The molecule has 1 heteroatoms. The molecular formula is C8H10O. The second-order valence-corrected chi connectivity index (χ2v) is 3.21. The number of allylic oxidation sites excluding steroid dienone is 2. The highest BCUT2D eigenvalue weighted by molar-refractivity contribution is 5.65. The number of carbonyl (C=O) groups is 1. The van der Waals surface area contributed by atoms with Crippen LogP contribution in [0.3, 0.4) is 0 Å². The fourth-order valence-corrected chi connectivity index (χ4v) is 1.94. The first-order valence-corrected chi connectivity index (χ1v) is 3.50. The van der Waals surface area contributed by atoms with Crippen LogP contribution in [0.15, 0.2) is 12.2 Å². The van der Waals surface area contributed by atoms with Gasteiger partial charge < -0.3 is 4.79 Å². The molecule has 0 amide bonds. The highest BCUT2D eigenvalue weighted by Gasteiger charge is 2.40. The van der Waals surface area contributed by atoms with Crippen LogP contribution in [-0.2, 0) is 4.79 Å². The molecular weight excluding hydrogens is 112 g/mol. The van der Waals surface area contributed by atoms with Gasteiger partial charge in [-0.1, -0.05) is 12.2 Å². The van der Waals surface area contributed by atoms with Gasteiger partial charge in [-0.15, -0.1) is 0 Å². The maximum atomic E-state index is 10.5. The van der Waals surface area contributed by atoms with Crippen LogP contribution in [0.25, 0.3) is 0 Å². The lowest BCUT2D eigenvalue weighted by atomic mass is 9.90. The van der Waals surface area contributed by atoms with Gasteiger partial charge in [0.1, 0.15) is 6.29 Å². The Balaban J connectivity index is 2.33. The molecule has 1 nitrogen and oxygen atoms in total. The molecule has 0 spiro atoms. The van der Waals surface area contributed by atoms with Crippen molar-refractivity contribution in [2.24, 2.45) is 11.3 Å². The van der Waals surface area contributed by atoms with Gasteiger partial charge in [-0.3, -0.25) is 0 Å². The van der Waals surface area contributed by atoms with E-state index in [1.807, 2.05) is 0 Å². The van der Waals surface area contributed by atoms with E-state index in [-0.39, 0.29) is 5.41 Å². The van der Waals surface area contributed by atoms with E-state index in [1.165, 1.54) is 6.42 Å². The van der Waals surface area contributed by atoms with Gasteiger partial charge in [0.2, 0.25) is 0 Å². The quantitative estimate of drug-likeness (QED) is 0.381. The van der Waals surface area contributed by atoms with E-state index in [1.54, 1.807) is 0 Å². The molecule has 9 heavy (non-hydrogen) atoms. The lowest BCUT2D eigenvalue weighted by molar-refractivity contribution is -0.113. The van der Waals surface area contributed by atoms with Crippen molar-refractivity contribution in [2.45, 2.75) is 19.3 Å². The molecule has 2 aliphatic rings. The first-order valence-electron chi connectivity index (χ1n) is 3.50. The van der Waals surface area contributed by atoms with Crippen LogP contribution in [0.4, 0.5) is 0 Å². The topological polar surface area (TPSA) is 17.1 Å². The molecule has 0 aromatic carbocycles. The second-order valence-electron chi connectivity index (χ2n) is 3.21. The summed E-state index contributed by atoms with van der Waals surface area (Å²) in [6, 6.07) is 0. The maximum absolute atomic E-state index is 10.5. The van der Waals surface area contributed by atoms with Crippen molar-refractivity contribution < 1.29 is 4.79 Å². The van der Waals surface area contributed by atoms with E-state index >= 15 is 0 Å². The standard InChI is InChI=1S/C8H10O/c9-6-8-3-1-7(5-8)2-4-8/h1,3,6-7H,2,4-5H2. The first kappa shape index (κ1) is 5.21. The van der Waals surface area contributed by atoms with Crippen molar-refractivity contribution in [1.29, 1.82) is 0 Å². The van der Waals surface area contributed by atoms with Crippen LogP contribution in [0, 0.1) is 11.3 Å². The minimum absolute atomic E-state index is 0.00926. The highest BCUT2D eigenvalue weighted by Crippen LogP contribution is 2.47. The Hall–Kier alpha value is -0.590. The van der Waals surface area contributed by atoms with Gasteiger partial charge in [0.15, 0.2) is 0 Å². The minimum Gasteiger partial charge on any atom is -0.302 e. The molecule has 0 N–H and O–H groups in total. The first-order chi connectivity index (χ1) is 4.35. The molecule has 2 aliphatic carbocycles. The summed E-state index contributed by atoms with van der Waals surface area (Å²) in [5.41, 5.74) is -0.00926. The average Bonchev–Trinajstić information content (AvgIpc) is 2.46. The molecule has 0 aromatic heterocycles. The zero-order chi connectivity index (χ0) is 6.32. The zero-order valence-corrected chi connectivity index (χ0v) is 5.34. The molecule has 2 atom stereocenters. The number of fused-ring (bicyclic) bond motifs is 2. The molecule has 0 aromatic rings. The predicted molar refractivity (Wildman–Crippen MR) is 35.0 cm³/mol. The number of hydrogen-bond donors (Lipinski definition) is 0. The Kier molecular flexibility index (Phi) is 0.850. The Morgan fingerprint density at radius 1 is 1.67 bits per heavy atom. The van der Waals surface area contributed by atoms with Crippen LogP contribution >= 0.6 is 0 Å². The molecule has 0 aliphatic heterocycles. The highest BCUT2D eigenvalue weighted by atomic mass is 16.1. The van der Waals surface area contributed by atoms with Crippen molar-refractivity contribution in [3.05, 3.63) is 12.2 Å². The number of rotatable bonds is 1. The second kappa shape index (κ2) is 1.47. The summed E-state index contributed by atoms with van der Waals surface area (Å²) in [4.78, 5) is 10.5. The van der Waals surface area contributed by atoms with E-state index in [0.717, 1.165) is 25.0 Å². The number of hydrogen-bond acceptors (Lipinski definition) is 1. The minimum atomic E-state index is -0.00926. The number of aldehydes is 1. The van der Waals surface area contributed by atoms with Crippen molar-refractivity contribution in [3.8, 4) is 0 Å². The molecule has 0 heterocycles. The summed E-state index contributed by atoms with van der Waals surface area (Å²) in [6.45, 7) is 0. The third-order valence-electron chi connectivity index (χ3n) is 2.56. The fourth-order valence-electron chi connectivity index (χ4n) is 1.94. The lowest BCUT2D eigenvalue weighted by Crippen LogP contribution is -2.11. The molecule has 2 unspecified atom stereocenters. The van der Waals surface area contributed by atoms with E-state index in [0.29, 0.717) is 0 Å². The van der Waals surface area contributed by atoms with Crippen LogP contribution in [-0.4, -0.2) is 6.29 Å². The van der Waals surface area contributed by atoms with Gasteiger partial charge >= 0.3 is 0 Å². The normalized spacial score (nSPS) is 46.0. The zero-order valence-electron chi connectivity index (χ0n) is 5.34. The fraction of sp³-hybridized carbons (Fsp3) is 0.625. The third kappa shape index (κ3) is 0.576. The Morgan fingerprint density at radius 3 is 2.78 bits per heavy atom. The van der Waals surface area contributed by atoms with E-state index < -0.39 is 0 Å². The van der Waals surface area contributed by atoms with Crippen molar-refractivity contribution >= 4 is 6.29 Å². The van der Waals surface area contributed by atoms with Crippen LogP contribution in [0.5, 0.6) is 0 Å². The van der Waals surface area contributed by atoms with Gasteiger partial charge in [-0.05, 0) is 25.2 Å². The van der Waals surface area contributed by atoms with Gasteiger partial charge in [0.25, 0.3) is 0 Å². The Labute approximate surface area is 54.8 Å².